The molecule has 1 aromatic heterocycles. The van der Waals surface area contributed by atoms with Crippen LogP contribution in [0.3, 0.4) is 0 Å². The minimum absolute atomic E-state index is 0.137. The zero-order valence-corrected chi connectivity index (χ0v) is 12.7. The Morgan fingerprint density at radius 2 is 2.20 bits per heavy atom. The van der Waals surface area contributed by atoms with E-state index in [1.165, 1.54) is 29.7 Å². The standard InChI is InChI=1S/C15H22N2O2S/c1-2-11(19)14-13(16)12(9-5-6-9)15(20-14)17-7-3-4-10(18)8-17/h9-10,18H,2-8,16H2,1H3. The molecule has 2 heterocycles. The highest BCUT2D eigenvalue weighted by Gasteiger charge is 2.35. The summed E-state index contributed by atoms with van der Waals surface area (Å²) in [5, 5.41) is 11.0. The van der Waals surface area contributed by atoms with Gasteiger partial charge in [0.2, 0.25) is 0 Å². The maximum Gasteiger partial charge on any atom is 0.174 e. The van der Waals surface area contributed by atoms with Crippen LogP contribution in [0.1, 0.15) is 60.2 Å². The van der Waals surface area contributed by atoms with Gasteiger partial charge in [-0.25, -0.2) is 0 Å². The Balaban J connectivity index is 1.98. The van der Waals surface area contributed by atoms with E-state index in [-0.39, 0.29) is 11.9 Å². The average Bonchev–Trinajstić information content (AvgIpc) is 3.21. The lowest BCUT2D eigenvalue weighted by Crippen LogP contribution is -2.38. The maximum atomic E-state index is 12.1. The number of nitrogens with two attached hydrogens (primary N) is 1. The van der Waals surface area contributed by atoms with Crippen LogP contribution in [0.4, 0.5) is 10.7 Å². The fraction of sp³-hybridized carbons (Fsp3) is 0.667. The number of piperidine rings is 1. The number of ketones is 1. The molecule has 20 heavy (non-hydrogen) atoms. The summed E-state index contributed by atoms with van der Waals surface area (Å²) in [5.41, 5.74) is 8.15. The highest BCUT2D eigenvalue weighted by Crippen LogP contribution is 2.52. The van der Waals surface area contributed by atoms with Crippen LogP contribution in [0.5, 0.6) is 0 Å². The minimum atomic E-state index is -0.260. The van der Waals surface area contributed by atoms with Gasteiger partial charge in [0.15, 0.2) is 5.78 Å². The molecule has 0 radical (unpaired) electrons. The molecule has 0 amide bonds. The first-order valence-corrected chi connectivity index (χ1v) is 8.31. The van der Waals surface area contributed by atoms with Crippen molar-refractivity contribution in [2.24, 2.45) is 0 Å². The highest BCUT2D eigenvalue weighted by molar-refractivity contribution is 7.19. The minimum Gasteiger partial charge on any atom is -0.397 e. The second-order valence-corrected chi connectivity index (χ2v) is 6.86. The Labute approximate surface area is 123 Å². The summed E-state index contributed by atoms with van der Waals surface area (Å²) in [6.45, 7) is 3.50. The molecular formula is C15H22N2O2S. The van der Waals surface area contributed by atoms with E-state index in [1.807, 2.05) is 6.92 Å². The number of nitrogens with zero attached hydrogens (tertiary/aromatic N) is 1. The molecule has 1 atom stereocenters. The molecule has 2 fully saturated rings. The first-order valence-electron chi connectivity index (χ1n) is 7.50. The van der Waals surface area contributed by atoms with Crippen molar-refractivity contribution in [3.63, 3.8) is 0 Å². The van der Waals surface area contributed by atoms with Gasteiger partial charge in [-0.15, -0.1) is 11.3 Å². The molecule has 3 rings (SSSR count). The van der Waals surface area contributed by atoms with Gasteiger partial charge in [0.1, 0.15) is 0 Å². The van der Waals surface area contributed by atoms with Gasteiger partial charge < -0.3 is 15.7 Å². The summed E-state index contributed by atoms with van der Waals surface area (Å²) in [4.78, 5) is 15.0. The number of carbonyl (C=O) groups excluding carboxylic acids is 1. The fourth-order valence-electron chi connectivity index (χ4n) is 2.95. The molecule has 1 aliphatic carbocycles. The average molecular weight is 294 g/mol. The summed E-state index contributed by atoms with van der Waals surface area (Å²) >= 11 is 1.54. The van der Waals surface area contributed by atoms with Crippen LogP contribution in [-0.2, 0) is 0 Å². The lowest BCUT2D eigenvalue weighted by Gasteiger charge is -2.31. The number of carbonyl (C=O) groups is 1. The number of aliphatic hydroxyl groups excluding tert-OH is 1. The van der Waals surface area contributed by atoms with Gasteiger partial charge in [-0.05, 0) is 31.6 Å². The van der Waals surface area contributed by atoms with E-state index < -0.39 is 0 Å². The number of anilines is 2. The predicted molar refractivity (Wildman–Crippen MR) is 82.8 cm³/mol. The third-order valence-corrected chi connectivity index (χ3v) is 5.53. The van der Waals surface area contributed by atoms with Crippen molar-refractivity contribution in [3.8, 4) is 0 Å². The number of rotatable bonds is 4. The van der Waals surface area contributed by atoms with Crippen LogP contribution >= 0.6 is 11.3 Å². The first kappa shape index (κ1) is 13.9. The number of β-amino-alcohol motifs (C(OH)–C–C–N with tert-alkyl or cyclic N) is 1. The Bertz CT molecular complexity index is 522. The Morgan fingerprint density at radius 1 is 1.45 bits per heavy atom. The second kappa shape index (κ2) is 5.37. The zero-order valence-electron chi connectivity index (χ0n) is 11.9. The monoisotopic (exact) mass is 294 g/mol. The molecule has 3 N–H and O–H groups in total. The lowest BCUT2D eigenvalue weighted by atomic mass is 10.1. The largest absolute Gasteiger partial charge is 0.397 e. The summed E-state index contributed by atoms with van der Waals surface area (Å²) < 4.78 is 0. The molecule has 5 heteroatoms. The molecule has 1 saturated heterocycles. The van der Waals surface area contributed by atoms with E-state index in [9.17, 15) is 9.90 Å². The van der Waals surface area contributed by atoms with Crippen molar-refractivity contribution in [1.82, 2.24) is 0 Å². The molecule has 0 aromatic carbocycles. The van der Waals surface area contributed by atoms with Crippen LogP contribution in [0.25, 0.3) is 0 Å². The van der Waals surface area contributed by atoms with Crippen molar-refractivity contribution in [1.29, 1.82) is 0 Å². The summed E-state index contributed by atoms with van der Waals surface area (Å²) in [6, 6.07) is 0. The molecule has 1 aliphatic heterocycles. The molecule has 1 unspecified atom stereocenters. The van der Waals surface area contributed by atoms with E-state index in [1.54, 1.807) is 0 Å². The fourth-order valence-corrected chi connectivity index (χ4v) is 4.31. The Hall–Kier alpha value is -1.07. The number of nitrogen functional groups attached to an aromatic ring is 1. The quantitative estimate of drug-likeness (QED) is 0.838. The van der Waals surface area contributed by atoms with Crippen molar-refractivity contribution in [3.05, 3.63) is 10.4 Å². The molecule has 0 bridgehead atoms. The van der Waals surface area contributed by atoms with Crippen LogP contribution in [0, 0.1) is 0 Å². The summed E-state index contributed by atoms with van der Waals surface area (Å²) in [6.07, 6.45) is 4.45. The molecule has 4 nitrogen and oxygen atoms in total. The van der Waals surface area contributed by atoms with Crippen molar-refractivity contribution in [2.75, 3.05) is 23.7 Å². The van der Waals surface area contributed by atoms with E-state index in [4.69, 9.17) is 5.73 Å². The van der Waals surface area contributed by atoms with E-state index >= 15 is 0 Å². The third kappa shape index (κ3) is 2.44. The first-order chi connectivity index (χ1) is 9.61. The lowest BCUT2D eigenvalue weighted by molar-refractivity contribution is 0.0992. The Kier molecular flexibility index (Phi) is 3.73. The number of thiophene rings is 1. The normalized spacial score (nSPS) is 23.1. The highest BCUT2D eigenvalue weighted by atomic mass is 32.1. The SMILES string of the molecule is CCC(=O)c1sc(N2CCCC(O)C2)c(C2CC2)c1N. The van der Waals surface area contributed by atoms with Crippen molar-refractivity contribution < 1.29 is 9.90 Å². The van der Waals surface area contributed by atoms with Gasteiger partial charge >= 0.3 is 0 Å². The van der Waals surface area contributed by atoms with Gasteiger partial charge in [-0.2, -0.15) is 0 Å². The summed E-state index contributed by atoms with van der Waals surface area (Å²) in [5.74, 6) is 0.664. The molecule has 110 valence electrons. The Morgan fingerprint density at radius 3 is 2.80 bits per heavy atom. The molecule has 1 saturated carbocycles. The number of hydrogen-bond acceptors (Lipinski definition) is 5. The predicted octanol–water partition coefficient (Wildman–Crippen LogP) is 2.76. The zero-order chi connectivity index (χ0) is 14.3. The summed E-state index contributed by atoms with van der Waals surface area (Å²) in [7, 11) is 0. The number of aliphatic hydroxyl groups is 1. The van der Waals surface area contributed by atoms with Crippen molar-refractivity contribution >= 4 is 27.8 Å². The molecular weight excluding hydrogens is 272 g/mol. The second-order valence-electron chi connectivity index (χ2n) is 5.86. The van der Waals surface area contributed by atoms with Gasteiger partial charge in [-0.3, -0.25) is 4.79 Å². The molecule has 2 aliphatic rings. The van der Waals surface area contributed by atoms with Crippen molar-refractivity contribution in [2.45, 2.75) is 51.0 Å². The van der Waals surface area contributed by atoms with Crippen LogP contribution in [-0.4, -0.2) is 30.1 Å². The van der Waals surface area contributed by atoms with Gasteiger partial charge in [0, 0.05) is 25.1 Å². The number of Topliss-reactive ketones (excluding diaryl/α,β-unsaturated/α-hetero) is 1. The van der Waals surface area contributed by atoms with Crippen LogP contribution < -0.4 is 10.6 Å². The van der Waals surface area contributed by atoms with E-state index in [2.05, 4.69) is 4.90 Å². The third-order valence-electron chi connectivity index (χ3n) is 4.21. The topological polar surface area (TPSA) is 66.6 Å². The maximum absolute atomic E-state index is 12.1. The van der Waals surface area contributed by atoms with Crippen LogP contribution in [0.2, 0.25) is 0 Å². The van der Waals surface area contributed by atoms with Crippen LogP contribution in [0.15, 0.2) is 0 Å². The van der Waals surface area contributed by atoms with Gasteiger partial charge in [0.05, 0.1) is 21.7 Å². The van der Waals surface area contributed by atoms with E-state index in [0.29, 0.717) is 24.6 Å². The van der Waals surface area contributed by atoms with Gasteiger partial charge in [0.25, 0.3) is 0 Å². The number of hydrogen-bond donors (Lipinski definition) is 2. The van der Waals surface area contributed by atoms with Gasteiger partial charge in [-0.1, -0.05) is 6.92 Å². The molecule has 1 aromatic rings. The smallest absolute Gasteiger partial charge is 0.174 e. The molecule has 0 spiro atoms. The van der Waals surface area contributed by atoms with E-state index in [0.717, 1.165) is 29.3 Å².